The van der Waals surface area contributed by atoms with E-state index in [0.29, 0.717) is 16.5 Å². The van der Waals surface area contributed by atoms with Crippen molar-refractivity contribution in [2.45, 2.75) is 36.0 Å². The highest BCUT2D eigenvalue weighted by Crippen LogP contribution is 2.35. The van der Waals surface area contributed by atoms with Crippen molar-refractivity contribution in [2.75, 3.05) is 5.32 Å². The monoisotopic (exact) mass is 314 g/mol. The van der Waals surface area contributed by atoms with Crippen LogP contribution in [-0.2, 0) is 0 Å². The first-order valence-corrected chi connectivity index (χ1v) is 8.33. The summed E-state index contributed by atoms with van der Waals surface area (Å²) in [5, 5.41) is 13.8. The van der Waals surface area contributed by atoms with Crippen molar-refractivity contribution in [3.05, 3.63) is 48.2 Å². The van der Waals surface area contributed by atoms with Gasteiger partial charge >= 0.3 is 0 Å². The van der Waals surface area contributed by atoms with Gasteiger partial charge in [0.2, 0.25) is 0 Å². The lowest BCUT2D eigenvalue weighted by molar-refractivity contribution is 0.102. The van der Waals surface area contributed by atoms with E-state index >= 15 is 0 Å². The molecule has 0 spiro atoms. The summed E-state index contributed by atoms with van der Waals surface area (Å²) in [6, 6.07) is 10.3. The van der Waals surface area contributed by atoms with E-state index in [-0.39, 0.29) is 11.7 Å². The molecule has 3 rings (SSSR count). The number of nitrogens with zero attached hydrogens (tertiary/aromatic N) is 1. The number of para-hydroxylation sites is 2. The Kier molecular flexibility index (Phi) is 4.63. The predicted octanol–water partition coefficient (Wildman–Crippen LogP) is 4.07. The molecule has 1 aliphatic carbocycles. The van der Waals surface area contributed by atoms with Crippen molar-refractivity contribution in [3.8, 4) is 5.75 Å². The summed E-state index contributed by atoms with van der Waals surface area (Å²) < 4.78 is 0. The number of amides is 1. The van der Waals surface area contributed by atoms with Crippen LogP contribution in [0.2, 0.25) is 0 Å². The SMILES string of the molecule is O=C(Nc1ccccc1O)c1cccnc1SC1CCCC1. The van der Waals surface area contributed by atoms with Crippen molar-refractivity contribution in [2.24, 2.45) is 0 Å². The Hall–Kier alpha value is -2.01. The lowest BCUT2D eigenvalue weighted by Gasteiger charge is -2.12. The van der Waals surface area contributed by atoms with Crippen LogP contribution in [0.15, 0.2) is 47.6 Å². The normalized spacial score (nSPS) is 14.9. The van der Waals surface area contributed by atoms with Crippen LogP contribution in [0.25, 0.3) is 0 Å². The van der Waals surface area contributed by atoms with E-state index in [1.807, 2.05) is 0 Å². The van der Waals surface area contributed by atoms with Crippen molar-refractivity contribution in [1.82, 2.24) is 4.98 Å². The lowest BCUT2D eigenvalue weighted by atomic mass is 10.2. The Morgan fingerprint density at radius 2 is 1.95 bits per heavy atom. The van der Waals surface area contributed by atoms with Gasteiger partial charge in [-0.2, -0.15) is 0 Å². The number of hydrogen-bond donors (Lipinski definition) is 2. The summed E-state index contributed by atoms with van der Waals surface area (Å²) in [4.78, 5) is 16.9. The van der Waals surface area contributed by atoms with E-state index in [0.717, 1.165) is 5.03 Å². The minimum Gasteiger partial charge on any atom is -0.506 e. The number of pyridine rings is 1. The zero-order valence-corrected chi connectivity index (χ0v) is 13.0. The van der Waals surface area contributed by atoms with E-state index < -0.39 is 0 Å². The number of aromatic nitrogens is 1. The smallest absolute Gasteiger partial charge is 0.258 e. The molecule has 1 aromatic carbocycles. The third-order valence-corrected chi connectivity index (χ3v) is 5.10. The number of anilines is 1. The minimum absolute atomic E-state index is 0.0599. The summed E-state index contributed by atoms with van der Waals surface area (Å²) in [5.74, 6) is -0.181. The Bertz CT molecular complexity index is 669. The van der Waals surface area contributed by atoms with Crippen LogP contribution in [0.1, 0.15) is 36.0 Å². The van der Waals surface area contributed by atoms with Gasteiger partial charge in [0.25, 0.3) is 5.91 Å². The maximum absolute atomic E-state index is 12.5. The largest absolute Gasteiger partial charge is 0.506 e. The molecule has 2 N–H and O–H groups in total. The predicted molar refractivity (Wildman–Crippen MR) is 88.4 cm³/mol. The number of aromatic hydroxyl groups is 1. The van der Waals surface area contributed by atoms with Crippen LogP contribution in [0.4, 0.5) is 5.69 Å². The van der Waals surface area contributed by atoms with Crippen LogP contribution >= 0.6 is 11.8 Å². The Labute approximate surface area is 134 Å². The number of nitrogens with one attached hydrogen (secondary N) is 1. The molecule has 1 aromatic heterocycles. The summed E-state index contributed by atoms with van der Waals surface area (Å²) in [7, 11) is 0. The van der Waals surface area contributed by atoms with Gasteiger partial charge in [-0.3, -0.25) is 4.79 Å². The number of hydrogen-bond acceptors (Lipinski definition) is 4. The molecular weight excluding hydrogens is 296 g/mol. The van der Waals surface area contributed by atoms with Gasteiger partial charge in [-0.1, -0.05) is 25.0 Å². The second-order valence-corrected chi connectivity index (χ2v) is 6.64. The molecule has 1 amide bonds. The quantitative estimate of drug-likeness (QED) is 0.835. The Balaban J connectivity index is 1.78. The molecule has 1 heterocycles. The second kappa shape index (κ2) is 6.83. The topological polar surface area (TPSA) is 62.2 Å². The van der Waals surface area contributed by atoms with E-state index in [1.165, 1.54) is 25.7 Å². The van der Waals surface area contributed by atoms with Gasteiger partial charge in [0.15, 0.2) is 0 Å². The molecule has 2 aromatic rings. The van der Waals surface area contributed by atoms with Crippen molar-refractivity contribution < 1.29 is 9.90 Å². The molecule has 0 saturated heterocycles. The Morgan fingerprint density at radius 1 is 1.18 bits per heavy atom. The number of benzene rings is 1. The summed E-state index contributed by atoms with van der Waals surface area (Å²) in [6.45, 7) is 0. The number of rotatable bonds is 4. The zero-order valence-electron chi connectivity index (χ0n) is 12.2. The number of phenolic OH excluding ortho intramolecular Hbond substituents is 1. The molecule has 1 aliphatic rings. The van der Waals surface area contributed by atoms with Gasteiger partial charge < -0.3 is 10.4 Å². The molecule has 5 heteroatoms. The first-order valence-electron chi connectivity index (χ1n) is 7.45. The number of carbonyl (C=O) groups excluding carboxylic acids is 1. The van der Waals surface area contributed by atoms with E-state index in [2.05, 4.69) is 10.3 Å². The fourth-order valence-corrected chi connectivity index (χ4v) is 3.88. The molecule has 0 aliphatic heterocycles. The molecular formula is C17H18N2O2S. The molecule has 22 heavy (non-hydrogen) atoms. The maximum Gasteiger partial charge on any atom is 0.258 e. The molecule has 0 bridgehead atoms. The number of carbonyl (C=O) groups is 1. The highest BCUT2D eigenvalue weighted by Gasteiger charge is 2.21. The summed E-state index contributed by atoms with van der Waals surface area (Å²) in [5.41, 5.74) is 0.968. The third-order valence-electron chi connectivity index (χ3n) is 3.75. The zero-order chi connectivity index (χ0) is 15.4. The van der Waals surface area contributed by atoms with Gasteiger partial charge in [0.1, 0.15) is 10.8 Å². The lowest BCUT2D eigenvalue weighted by Crippen LogP contribution is -2.14. The first-order chi connectivity index (χ1) is 10.7. The summed E-state index contributed by atoms with van der Waals surface area (Å²) >= 11 is 1.69. The standard InChI is InChI=1S/C17H18N2O2S/c20-15-10-4-3-9-14(15)19-16(21)13-8-5-11-18-17(13)22-12-6-1-2-7-12/h3-5,8-12,20H,1-2,6-7H2,(H,19,21). The Morgan fingerprint density at radius 3 is 2.73 bits per heavy atom. The second-order valence-electron chi connectivity index (χ2n) is 5.35. The summed E-state index contributed by atoms with van der Waals surface area (Å²) in [6.07, 6.45) is 6.59. The molecule has 0 unspecified atom stereocenters. The fourth-order valence-electron chi connectivity index (χ4n) is 2.59. The highest BCUT2D eigenvalue weighted by atomic mass is 32.2. The average Bonchev–Trinajstić information content (AvgIpc) is 3.03. The van der Waals surface area contributed by atoms with Gasteiger partial charge in [-0.15, -0.1) is 11.8 Å². The van der Waals surface area contributed by atoms with Gasteiger partial charge in [0.05, 0.1) is 11.3 Å². The van der Waals surface area contributed by atoms with Crippen molar-refractivity contribution in [3.63, 3.8) is 0 Å². The van der Waals surface area contributed by atoms with Crippen LogP contribution in [0, 0.1) is 0 Å². The van der Waals surface area contributed by atoms with Gasteiger partial charge in [-0.05, 0) is 37.1 Å². The third kappa shape index (κ3) is 3.42. The van der Waals surface area contributed by atoms with Crippen LogP contribution in [0.5, 0.6) is 5.75 Å². The molecule has 114 valence electrons. The van der Waals surface area contributed by atoms with Gasteiger partial charge in [-0.25, -0.2) is 4.98 Å². The van der Waals surface area contributed by atoms with Gasteiger partial charge in [0, 0.05) is 11.4 Å². The molecule has 0 atom stereocenters. The molecule has 1 fully saturated rings. The van der Waals surface area contributed by atoms with Crippen molar-refractivity contribution in [1.29, 1.82) is 0 Å². The fraction of sp³-hybridized carbons (Fsp3) is 0.294. The minimum atomic E-state index is -0.241. The van der Waals surface area contributed by atoms with E-state index in [4.69, 9.17) is 0 Å². The van der Waals surface area contributed by atoms with E-state index in [1.54, 1.807) is 54.4 Å². The average molecular weight is 314 g/mol. The number of thioether (sulfide) groups is 1. The van der Waals surface area contributed by atoms with Crippen LogP contribution in [0.3, 0.4) is 0 Å². The highest BCUT2D eigenvalue weighted by molar-refractivity contribution is 7.99. The maximum atomic E-state index is 12.5. The molecule has 4 nitrogen and oxygen atoms in total. The number of phenols is 1. The van der Waals surface area contributed by atoms with Crippen LogP contribution < -0.4 is 5.32 Å². The van der Waals surface area contributed by atoms with Crippen LogP contribution in [-0.4, -0.2) is 21.2 Å². The molecule has 0 radical (unpaired) electrons. The first kappa shape index (κ1) is 14.9. The molecule has 1 saturated carbocycles. The van der Waals surface area contributed by atoms with Crippen molar-refractivity contribution >= 4 is 23.4 Å². The van der Waals surface area contributed by atoms with E-state index in [9.17, 15) is 9.90 Å².